The third kappa shape index (κ3) is 3.91. The number of hydrogen-bond donors (Lipinski definition) is 1. The molecule has 7 heteroatoms. The maximum Gasteiger partial charge on any atom is 0.255 e. The molecule has 2 aromatic rings. The highest BCUT2D eigenvalue weighted by Gasteiger charge is 2.35. The molecule has 24 heavy (non-hydrogen) atoms. The predicted molar refractivity (Wildman–Crippen MR) is 92.5 cm³/mol. The Bertz CT molecular complexity index is 719. The van der Waals surface area contributed by atoms with Crippen molar-refractivity contribution in [2.24, 2.45) is 5.92 Å². The van der Waals surface area contributed by atoms with E-state index < -0.39 is 6.10 Å². The van der Waals surface area contributed by atoms with E-state index in [-0.39, 0.29) is 17.9 Å². The summed E-state index contributed by atoms with van der Waals surface area (Å²) in [5.74, 6) is 0.882. The number of benzene rings is 1. The van der Waals surface area contributed by atoms with Gasteiger partial charge in [0, 0.05) is 6.42 Å². The number of anilines is 1. The van der Waals surface area contributed by atoms with Crippen LogP contribution in [0.2, 0.25) is 0 Å². The number of methoxy groups -OCH3 is 1. The standard InChI is InChI=1S/C17H21N3O3S/c1-10-7-11(2)23-15(10)16(21)18-17-20-19-14(24-17)9-12-5-4-6-13(8-12)22-3/h4-6,8,10-11,15H,7,9H2,1-3H3,(H,18,20,21)/t10-,11-,15+/m0/s1. The van der Waals surface area contributed by atoms with Crippen LogP contribution in [0.25, 0.3) is 0 Å². The lowest BCUT2D eigenvalue weighted by atomic mass is 10.0. The Hall–Kier alpha value is -1.99. The first-order valence-electron chi connectivity index (χ1n) is 7.97. The summed E-state index contributed by atoms with van der Waals surface area (Å²) in [6, 6.07) is 7.82. The minimum atomic E-state index is -0.411. The minimum absolute atomic E-state index is 0.119. The summed E-state index contributed by atoms with van der Waals surface area (Å²) >= 11 is 1.38. The molecule has 1 aromatic heterocycles. The van der Waals surface area contributed by atoms with E-state index in [1.165, 1.54) is 11.3 Å². The summed E-state index contributed by atoms with van der Waals surface area (Å²) in [6.45, 7) is 4.02. The number of ether oxygens (including phenoxy) is 2. The van der Waals surface area contributed by atoms with Crippen molar-refractivity contribution in [1.29, 1.82) is 0 Å². The second-order valence-electron chi connectivity index (χ2n) is 6.10. The average Bonchev–Trinajstić information content (AvgIpc) is 3.13. The second kappa shape index (κ2) is 7.27. The van der Waals surface area contributed by atoms with Crippen LogP contribution in [0.15, 0.2) is 24.3 Å². The highest BCUT2D eigenvalue weighted by molar-refractivity contribution is 7.15. The van der Waals surface area contributed by atoms with Crippen molar-refractivity contribution in [3.05, 3.63) is 34.8 Å². The summed E-state index contributed by atoms with van der Waals surface area (Å²) in [4.78, 5) is 12.3. The Labute approximate surface area is 145 Å². The Morgan fingerprint density at radius 1 is 1.42 bits per heavy atom. The van der Waals surface area contributed by atoms with E-state index in [9.17, 15) is 4.79 Å². The first kappa shape index (κ1) is 16.9. The summed E-state index contributed by atoms with van der Waals surface area (Å²) in [5.41, 5.74) is 1.09. The number of carbonyl (C=O) groups is 1. The van der Waals surface area contributed by atoms with Crippen LogP contribution in [0.5, 0.6) is 5.75 Å². The van der Waals surface area contributed by atoms with Crippen LogP contribution in [-0.4, -0.2) is 35.4 Å². The summed E-state index contributed by atoms with van der Waals surface area (Å²) in [7, 11) is 1.64. The minimum Gasteiger partial charge on any atom is -0.497 e. The van der Waals surface area contributed by atoms with Crippen LogP contribution in [-0.2, 0) is 16.0 Å². The Balaban J connectivity index is 1.62. The van der Waals surface area contributed by atoms with Gasteiger partial charge in [0.25, 0.3) is 5.91 Å². The van der Waals surface area contributed by atoms with Gasteiger partial charge in [0.15, 0.2) is 0 Å². The van der Waals surface area contributed by atoms with Crippen molar-refractivity contribution in [2.45, 2.75) is 38.9 Å². The zero-order valence-electron chi connectivity index (χ0n) is 14.0. The molecule has 0 bridgehead atoms. The van der Waals surface area contributed by atoms with Crippen LogP contribution in [0.4, 0.5) is 5.13 Å². The normalized spacial score (nSPS) is 23.2. The molecule has 1 amide bonds. The lowest BCUT2D eigenvalue weighted by Gasteiger charge is -2.13. The van der Waals surface area contributed by atoms with Crippen LogP contribution in [0.1, 0.15) is 30.8 Å². The molecule has 1 N–H and O–H groups in total. The molecule has 0 saturated carbocycles. The molecule has 128 valence electrons. The van der Waals surface area contributed by atoms with Gasteiger partial charge in [0.1, 0.15) is 16.9 Å². The molecular formula is C17H21N3O3S. The highest BCUT2D eigenvalue weighted by atomic mass is 32.1. The van der Waals surface area contributed by atoms with Gasteiger partial charge in [-0.2, -0.15) is 0 Å². The van der Waals surface area contributed by atoms with E-state index in [0.29, 0.717) is 11.6 Å². The second-order valence-corrected chi connectivity index (χ2v) is 7.16. The predicted octanol–water partition coefficient (Wildman–Crippen LogP) is 2.89. The van der Waals surface area contributed by atoms with E-state index >= 15 is 0 Å². The fourth-order valence-corrected chi connectivity index (χ4v) is 3.69. The average molecular weight is 347 g/mol. The molecule has 1 aliphatic rings. The smallest absolute Gasteiger partial charge is 0.255 e. The maximum absolute atomic E-state index is 12.3. The molecule has 1 aliphatic heterocycles. The van der Waals surface area contributed by atoms with E-state index in [1.54, 1.807) is 7.11 Å². The lowest BCUT2D eigenvalue weighted by molar-refractivity contribution is -0.127. The highest BCUT2D eigenvalue weighted by Crippen LogP contribution is 2.27. The third-order valence-corrected chi connectivity index (χ3v) is 4.88. The molecule has 0 radical (unpaired) electrons. The molecule has 0 aliphatic carbocycles. The molecule has 1 aromatic carbocycles. The molecule has 1 fully saturated rings. The topological polar surface area (TPSA) is 73.3 Å². The number of nitrogens with zero attached hydrogens (tertiary/aromatic N) is 2. The quantitative estimate of drug-likeness (QED) is 0.900. The zero-order valence-corrected chi connectivity index (χ0v) is 14.8. The van der Waals surface area contributed by atoms with E-state index in [1.807, 2.05) is 38.1 Å². The van der Waals surface area contributed by atoms with Gasteiger partial charge in [-0.25, -0.2) is 0 Å². The van der Waals surface area contributed by atoms with Crippen molar-refractivity contribution in [1.82, 2.24) is 10.2 Å². The number of carbonyl (C=O) groups excluding carboxylic acids is 1. The SMILES string of the molecule is COc1cccc(Cc2nnc(NC(=O)[C@@H]3O[C@@H](C)C[C@@H]3C)s2)c1. The van der Waals surface area contributed by atoms with Crippen molar-refractivity contribution in [3.8, 4) is 5.75 Å². The van der Waals surface area contributed by atoms with E-state index in [4.69, 9.17) is 9.47 Å². The fourth-order valence-electron chi connectivity index (χ4n) is 2.92. The third-order valence-electron chi connectivity index (χ3n) is 4.04. The molecule has 3 rings (SSSR count). The number of rotatable bonds is 5. The molecular weight excluding hydrogens is 326 g/mol. The van der Waals surface area contributed by atoms with Gasteiger partial charge in [-0.3, -0.25) is 10.1 Å². The molecule has 0 spiro atoms. The number of amides is 1. The first-order chi connectivity index (χ1) is 11.5. The number of hydrogen-bond acceptors (Lipinski definition) is 6. The first-order valence-corrected chi connectivity index (χ1v) is 8.78. The van der Waals surface area contributed by atoms with Crippen molar-refractivity contribution in [2.75, 3.05) is 12.4 Å². The van der Waals surface area contributed by atoms with Gasteiger partial charge in [0.05, 0.1) is 13.2 Å². The van der Waals surface area contributed by atoms with Gasteiger partial charge in [-0.1, -0.05) is 30.4 Å². The van der Waals surface area contributed by atoms with Crippen LogP contribution in [0, 0.1) is 5.92 Å². The Morgan fingerprint density at radius 2 is 2.25 bits per heavy atom. The lowest BCUT2D eigenvalue weighted by Crippen LogP contribution is -2.31. The fraction of sp³-hybridized carbons (Fsp3) is 0.471. The Morgan fingerprint density at radius 3 is 2.96 bits per heavy atom. The van der Waals surface area contributed by atoms with Crippen LogP contribution in [0.3, 0.4) is 0 Å². The van der Waals surface area contributed by atoms with Gasteiger partial charge in [0.2, 0.25) is 5.13 Å². The monoisotopic (exact) mass is 347 g/mol. The van der Waals surface area contributed by atoms with Gasteiger partial charge >= 0.3 is 0 Å². The van der Waals surface area contributed by atoms with Crippen molar-refractivity contribution < 1.29 is 14.3 Å². The van der Waals surface area contributed by atoms with Crippen LogP contribution >= 0.6 is 11.3 Å². The molecule has 6 nitrogen and oxygen atoms in total. The summed E-state index contributed by atoms with van der Waals surface area (Å²) < 4.78 is 10.9. The molecule has 1 saturated heterocycles. The van der Waals surface area contributed by atoms with Crippen LogP contribution < -0.4 is 10.1 Å². The van der Waals surface area contributed by atoms with E-state index in [0.717, 1.165) is 22.7 Å². The number of aromatic nitrogens is 2. The zero-order chi connectivity index (χ0) is 17.1. The Kier molecular flexibility index (Phi) is 5.11. The largest absolute Gasteiger partial charge is 0.497 e. The maximum atomic E-state index is 12.3. The van der Waals surface area contributed by atoms with Gasteiger partial charge in [-0.15, -0.1) is 10.2 Å². The van der Waals surface area contributed by atoms with Crippen molar-refractivity contribution in [3.63, 3.8) is 0 Å². The summed E-state index contributed by atoms with van der Waals surface area (Å²) in [6.07, 6.45) is 1.26. The summed E-state index contributed by atoms with van der Waals surface area (Å²) in [5, 5.41) is 12.4. The number of nitrogens with one attached hydrogen (secondary N) is 1. The van der Waals surface area contributed by atoms with Gasteiger partial charge < -0.3 is 9.47 Å². The van der Waals surface area contributed by atoms with Crippen molar-refractivity contribution >= 4 is 22.4 Å². The molecule has 2 heterocycles. The molecule has 3 atom stereocenters. The molecule has 0 unspecified atom stereocenters. The van der Waals surface area contributed by atoms with E-state index in [2.05, 4.69) is 15.5 Å². The van der Waals surface area contributed by atoms with Gasteiger partial charge in [-0.05, 0) is 37.0 Å².